The molecule has 1 N–H and O–H groups in total. The minimum atomic E-state index is -0.834. The minimum Gasteiger partial charge on any atom is -0.481 e. The number of hydrogen-bond donors (Lipinski definition) is 1. The molecule has 6 heteroatoms. The summed E-state index contributed by atoms with van der Waals surface area (Å²) in [6.07, 6.45) is 2.79. The van der Waals surface area contributed by atoms with Crippen molar-refractivity contribution in [1.82, 2.24) is 9.80 Å². The first-order chi connectivity index (χ1) is 9.09. The fraction of sp³-hybridized carbons (Fsp3) is 0.846. The van der Waals surface area contributed by atoms with E-state index in [2.05, 4.69) is 0 Å². The van der Waals surface area contributed by atoms with Gasteiger partial charge in [0.05, 0.1) is 25.7 Å². The monoisotopic (exact) mass is 270 g/mol. The number of likely N-dealkylation sites (tertiary alicyclic amines) is 1. The lowest BCUT2D eigenvalue weighted by atomic mass is 9.99. The summed E-state index contributed by atoms with van der Waals surface area (Å²) in [5, 5.41) is 8.96. The van der Waals surface area contributed by atoms with E-state index in [4.69, 9.17) is 9.84 Å². The van der Waals surface area contributed by atoms with Crippen molar-refractivity contribution in [3.05, 3.63) is 0 Å². The summed E-state index contributed by atoms with van der Waals surface area (Å²) >= 11 is 0. The van der Waals surface area contributed by atoms with Crippen molar-refractivity contribution in [2.45, 2.75) is 44.7 Å². The van der Waals surface area contributed by atoms with Crippen LogP contribution < -0.4 is 0 Å². The number of aliphatic carboxylic acids is 1. The molecule has 0 aromatic rings. The zero-order valence-electron chi connectivity index (χ0n) is 11.4. The molecule has 2 fully saturated rings. The van der Waals surface area contributed by atoms with Gasteiger partial charge in [-0.15, -0.1) is 0 Å². The lowest BCUT2D eigenvalue weighted by Gasteiger charge is -2.42. The number of urea groups is 1. The molecule has 2 heterocycles. The molecule has 2 saturated heterocycles. The molecule has 2 aliphatic heterocycles. The average Bonchev–Trinajstić information content (AvgIpc) is 2.38. The maximum atomic E-state index is 12.6. The van der Waals surface area contributed by atoms with Crippen LogP contribution in [0.15, 0.2) is 0 Å². The molecule has 2 atom stereocenters. The fourth-order valence-electron chi connectivity index (χ4n) is 2.84. The second kappa shape index (κ2) is 6.23. The molecule has 2 amide bonds. The Morgan fingerprint density at radius 2 is 2.05 bits per heavy atom. The molecular formula is C13H22N2O4. The SMILES string of the molecule is CC1COCCN1C(=O)N1CCCCC1CC(=O)O. The normalized spacial score (nSPS) is 28.3. The maximum Gasteiger partial charge on any atom is 0.320 e. The van der Waals surface area contributed by atoms with Crippen LogP contribution in [-0.2, 0) is 9.53 Å². The summed E-state index contributed by atoms with van der Waals surface area (Å²) in [7, 11) is 0. The highest BCUT2D eigenvalue weighted by molar-refractivity contribution is 5.76. The highest BCUT2D eigenvalue weighted by Crippen LogP contribution is 2.22. The number of nitrogens with zero attached hydrogens (tertiary/aromatic N) is 2. The molecule has 108 valence electrons. The van der Waals surface area contributed by atoms with Crippen LogP contribution in [-0.4, -0.2) is 65.3 Å². The summed E-state index contributed by atoms with van der Waals surface area (Å²) in [5.41, 5.74) is 0. The van der Waals surface area contributed by atoms with E-state index in [1.54, 1.807) is 4.90 Å². The number of carbonyl (C=O) groups is 2. The van der Waals surface area contributed by atoms with Gasteiger partial charge in [0, 0.05) is 19.1 Å². The van der Waals surface area contributed by atoms with E-state index in [1.165, 1.54) is 0 Å². The molecule has 0 bridgehead atoms. The Morgan fingerprint density at radius 1 is 1.26 bits per heavy atom. The molecule has 0 aliphatic carbocycles. The smallest absolute Gasteiger partial charge is 0.320 e. The van der Waals surface area contributed by atoms with Crippen molar-refractivity contribution in [3.8, 4) is 0 Å². The van der Waals surface area contributed by atoms with Crippen molar-refractivity contribution in [3.63, 3.8) is 0 Å². The van der Waals surface area contributed by atoms with Gasteiger partial charge in [-0.25, -0.2) is 4.79 Å². The van der Waals surface area contributed by atoms with Gasteiger partial charge in [-0.2, -0.15) is 0 Å². The lowest BCUT2D eigenvalue weighted by Crippen LogP contribution is -2.56. The predicted octanol–water partition coefficient (Wildman–Crippen LogP) is 1.16. The van der Waals surface area contributed by atoms with Gasteiger partial charge in [-0.3, -0.25) is 4.79 Å². The second-order valence-corrected chi connectivity index (χ2v) is 5.34. The summed E-state index contributed by atoms with van der Waals surface area (Å²) in [6, 6.07) is -0.121. The third kappa shape index (κ3) is 3.37. The molecule has 6 nitrogen and oxygen atoms in total. The van der Waals surface area contributed by atoms with E-state index >= 15 is 0 Å². The average molecular weight is 270 g/mol. The predicted molar refractivity (Wildman–Crippen MR) is 69.0 cm³/mol. The second-order valence-electron chi connectivity index (χ2n) is 5.34. The van der Waals surface area contributed by atoms with E-state index in [1.807, 2.05) is 11.8 Å². The van der Waals surface area contributed by atoms with Crippen molar-refractivity contribution >= 4 is 12.0 Å². The Balaban J connectivity index is 2.03. The van der Waals surface area contributed by atoms with Gasteiger partial charge in [0.25, 0.3) is 0 Å². The van der Waals surface area contributed by atoms with Gasteiger partial charge in [-0.05, 0) is 26.2 Å². The highest BCUT2D eigenvalue weighted by Gasteiger charge is 2.34. The topological polar surface area (TPSA) is 70.1 Å². The van der Waals surface area contributed by atoms with Gasteiger partial charge < -0.3 is 19.6 Å². The Morgan fingerprint density at radius 3 is 2.74 bits per heavy atom. The van der Waals surface area contributed by atoms with Crippen molar-refractivity contribution in [1.29, 1.82) is 0 Å². The third-order valence-corrected chi connectivity index (χ3v) is 3.90. The van der Waals surface area contributed by atoms with Gasteiger partial charge in [0.2, 0.25) is 0 Å². The van der Waals surface area contributed by atoms with Gasteiger partial charge in [0.15, 0.2) is 0 Å². The highest BCUT2D eigenvalue weighted by atomic mass is 16.5. The van der Waals surface area contributed by atoms with Crippen LogP contribution in [0.25, 0.3) is 0 Å². The van der Waals surface area contributed by atoms with E-state index in [0.717, 1.165) is 19.3 Å². The van der Waals surface area contributed by atoms with E-state index in [-0.39, 0.29) is 24.5 Å². The molecule has 2 unspecified atom stereocenters. The number of morpholine rings is 1. The maximum absolute atomic E-state index is 12.6. The largest absolute Gasteiger partial charge is 0.481 e. The molecule has 19 heavy (non-hydrogen) atoms. The zero-order valence-corrected chi connectivity index (χ0v) is 11.4. The first-order valence-corrected chi connectivity index (χ1v) is 6.96. The minimum absolute atomic E-state index is 0.0262. The molecule has 2 rings (SSSR count). The molecule has 2 aliphatic rings. The number of carboxylic acids is 1. The Labute approximate surface area is 113 Å². The number of piperidine rings is 1. The van der Waals surface area contributed by atoms with Gasteiger partial charge in [0.1, 0.15) is 0 Å². The van der Waals surface area contributed by atoms with Gasteiger partial charge >= 0.3 is 12.0 Å². The Bertz CT molecular complexity index is 348. The zero-order chi connectivity index (χ0) is 13.8. The van der Waals surface area contributed by atoms with Crippen LogP contribution in [0.1, 0.15) is 32.6 Å². The summed E-state index contributed by atoms with van der Waals surface area (Å²) in [4.78, 5) is 27.0. The molecule has 0 aromatic heterocycles. The van der Waals surface area contributed by atoms with Crippen molar-refractivity contribution in [2.75, 3.05) is 26.3 Å². The van der Waals surface area contributed by atoms with Crippen LogP contribution in [0.2, 0.25) is 0 Å². The van der Waals surface area contributed by atoms with Crippen LogP contribution in [0.3, 0.4) is 0 Å². The van der Waals surface area contributed by atoms with E-state index < -0.39 is 5.97 Å². The van der Waals surface area contributed by atoms with E-state index in [9.17, 15) is 9.59 Å². The molecule has 0 spiro atoms. The van der Waals surface area contributed by atoms with E-state index in [0.29, 0.717) is 26.3 Å². The number of hydrogen-bond acceptors (Lipinski definition) is 3. The summed E-state index contributed by atoms with van der Waals surface area (Å²) in [5.74, 6) is -0.834. The van der Waals surface area contributed by atoms with Crippen molar-refractivity contribution < 1.29 is 19.4 Å². The van der Waals surface area contributed by atoms with Crippen LogP contribution >= 0.6 is 0 Å². The standard InChI is InChI=1S/C13H22N2O4/c1-10-9-19-7-6-14(10)13(18)15-5-3-2-4-11(15)8-12(16)17/h10-11H,2-9H2,1H3,(H,16,17). The van der Waals surface area contributed by atoms with Crippen molar-refractivity contribution in [2.24, 2.45) is 0 Å². The number of rotatable bonds is 2. The summed E-state index contributed by atoms with van der Waals surface area (Å²) in [6.45, 7) is 4.35. The molecule has 0 aromatic carbocycles. The number of carboxylic acid groups (broad SMARTS) is 1. The number of ether oxygens (including phenoxy) is 1. The fourth-order valence-corrected chi connectivity index (χ4v) is 2.84. The quantitative estimate of drug-likeness (QED) is 0.817. The van der Waals surface area contributed by atoms with Crippen LogP contribution in [0.5, 0.6) is 0 Å². The first kappa shape index (κ1) is 14.1. The first-order valence-electron chi connectivity index (χ1n) is 6.96. The molecule has 0 radical (unpaired) electrons. The molecular weight excluding hydrogens is 248 g/mol. The van der Waals surface area contributed by atoms with Gasteiger partial charge in [-0.1, -0.05) is 0 Å². The Hall–Kier alpha value is -1.30. The van der Waals surface area contributed by atoms with Crippen LogP contribution in [0.4, 0.5) is 4.79 Å². The lowest BCUT2D eigenvalue weighted by molar-refractivity contribution is -0.138. The molecule has 0 saturated carbocycles. The summed E-state index contributed by atoms with van der Waals surface area (Å²) < 4.78 is 5.33. The number of carbonyl (C=O) groups excluding carboxylic acids is 1. The van der Waals surface area contributed by atoms with Crippen LogP contribution in [0, 0.1) is 0 Å². The number of amides is 2. The Kier molecular flexibility index (Phi) is 4.63. The third-order valence-electron chi connectivity index (χ3n) is 3.90.